The highest BCUT2D eigenvalue weighted by molar-refractivity contribution is 5.67. The summed E-state index contributed by atoms with van der Waals surface area (Å²) in [5.74, 6) is 0. The highest BCUT2D eigenvalue weighted by Crippen LogP contribution is 2.20. The molecular weight excluding hydrogens is 330 g/mol. The van der Waals surface area contributed by atoms with Crippen molar-refractivity contribution >= 4 is 6.09 Å². The summed E-state index contributed by atoms with van der Waals surface area (Å²) in [6.45, 7) is 7.81. The van der Waals surface area contributed by atoms with Crippen molar-refractivity contribution in [3.8, 4) is 0 Å². The molecule has 2 unspecified atom stereocenters. The fourth-order valence-electron chi connectivity index (χ4n) is 2.65. The van der Waals surface area contributed by atoms with Crippen molar-refractivity contribution in [1.29, 1.82) is 0 Å². The zero-order valence-electron chi connectivity index (χ0n) is 16.6. The summed E-state index contributed by atoms with van der Waals surface area (Å²) in [6.07, 6.45) is 3.76. The Balaban J connectivity index is 2.38. The molecule has 0 aliphatic heterocycles. The number of rotatable bonds is 10. The van der Waals surface area contributed by atoms with Gasteiger partial charge in [0, 0.05) is 6.54 Å². The van der Waals surface area contributed by atoms with Crippen LogP contribution in [0.5, 0.6) is 0 Å². The third kappa shape index (κ3) is 9.20. The van der Waals surface area contributed by atoms with Crippen LogP contribution in [0.3, 0.4) is 0 Å². The van der Waals surface area contributed by atoms with Gasteiger partial charge in [0.1, 0.15) is 11.7 Å². The van der Waals surface area contributed by atoms with Gasteiger partial charge in [-0.15, -0.1) is 0 Å². The minimum absolute atomic E-state index is 0.239. The number of hydrogen-bond acceptors (Lipinski definition) is 4. The molecule has 148 valence electrons. The van der Waals surface area contributed by atoms with E-state index in [0.717, 1.165) is 6.42 Å². The summed E-state index contributed by atoms with van der Waals surface area (Å²) >= 11 is 0. The molecule has 0 saturated heterocycles. The van der Waals surface area contributed by atoms with Crippen LogP contribution < -0.4 is 5.32 Å². The van der Waals surface area contributed by atoms with Crippen LogP contribution in [0.1, 0.15) is 77.0 Å². The van der Waals surface area contributed by atoms with Crippen molar-refractivity contribution in [3.05, 3.63) is 35.4 Å². The van der Waals surface area contributed by atoms with Crippen LogP contribution in [0.4, 0.5) is 4.79 Å². The quantitative estimate of drug-likeness (QED) is 0.545. The Bertz CT molecular complexity index is 522. The van der Waals surface area contributed by atoms with Crippen molar-refractivity contribution in [2.45, 2.75) is 84.0 Å². The molecule has 5 nitrogen and oxygen atoms in total. The molecule has 5 heteroatoms. The van der Waals surface area contributed by atoms with Gasteiger partial charge in [-0.05, 0) is 51.2 Å². The van der Waals surface area contributed by atoms with Gasteiger partial charge in [-0.2, -0.15) is 0 Å². The van der Waals surface area contributed by atoms with E-state index in [-0.39, 0.29) is 13.0 Å². The van der Waals surface area contributed by atoms with Crippen LogP contribution in [0.15, 0.2) is 24.3 Å². The molecule has 0 fully saturated rings. The van der Waals surface area contributed by atoms with Gasteiger partial charge < -0.3 is 20.3 Å². The SMILES string of the molecule is CCCCCCc1ccc(C(O)C(O)CCNC(=O)OC(C)(C)C)cc1. The lowest BCUT2D eigenvalue weighted by atomic mass is 9.99. The average Bonchev–Trinajstić information content (AvgIpc) is 2.57. The van der Waals surface area contributed by atoms with E-state index in [2.05, 4.69) is 12.2 Å². The molecule has 1 rings (SSSR count). The Morgan fingerprint density at radius 2 is 1.77 bits per heavy atom. The molecule has 0 aromatic heterocycles. The number of nitrogens with one attached hydrogen (secondary N) is 1. The molecule has 0 heterocycles. The van der Waals surface area contributed by atoms with Crippen LogP contribution in [0.2, 0.25) is 0 Å². The van der Waals surface area contributed by atoms with E-state index >= 15 is 0 Å². The molecule has 26 heavy (non-hydrogen) atoms. The Kier molecular flexibility index (Phi) is 9.66. The minimum Gasteiger partial charge on any atom is -0.444 e. The molecule has 1 aromatic rings. The molecule has 0 saturated carbocycles. The van der Waals surface area contributed by atoms with Crippen molar-refractivity contribution in [2.75, 3.05) is 6.54 Å². The predicted molar refractivity (Wildman–Crippen MR) is 104 cm³/mol. The van der Waals surface area contributed by atoms with Gasteiger partial charge in [0.25, 0.3) is 0 Å². The summed E-state index contributed by atoms with van der Waals surface area (Å²) in [5, 5.41) is 23.0. The second-order valence-electron chi connectivity index (χ2n) is 7.78. The number of carbonyl (C=O) groups is 1. The normalized spacial score (nSPS) is 13.9. The number of ether oxygens (including phenoxy) is 1. The van der Waals surface area contributed by atoms with Gasteiger partial charge in [0.2, 0.25) is 0 Å². The average molecular weight is 366 g/mol. The van der Waals surface area contributed by atoms with Gasteiger partial charge in [0.05, 0.1) is 6.10 Å². The van der Waals surface area contributed by atoms with Gasteiger partial charge in [-0.25, -0.2) is 4.79 Å². The standard InChI is InChI=1S/C21H35NO4/c1-5-6-7-8-9-16-10-12-17(13-11-16)19(24)18(23)14-15-22-20(25)26-21(2,3)4/h10-13,18-19,23-24H,5-9,14-15H2,1-4H3,(H,22,25). The number of carbonyl (C=O) groups excluding carboxylic acids is 1. The summed E-state index contributed by atoms with van der Waals surface area (Å²) in [5.41, 5.74) is 1.38. The number of aliphatic hydroxyl groups is 2. The predicted octanol–water partition coefficient (Wildman–Crippen LogP) is 4.12. The number of amides is 1. The minimum atomic E-state index is -0.968. The zero-order chi connectivity index (χ0) is 19.6. The molecular formula is C21H35NO4. The third-order valence-electron chi connectivity index (χ3n) is 4.11. The highest BCUT2D eigenvalue weighted by Gasteiger charge is 2.20. The number of benzene rings is 1. The van der Waals surface area contributed by atoms with Gasteiger partial charge in [0.15, 0.2) is 0 Å². The first-order valence-electron chi connectivity index (χ1n) is 9.64. The van der Waals surface area contributed by atoms with Crippen LogP contribution in [0, 0.1) is 0 Å². The summed E-state index contributed by atoms with van der Waals surface area (Å²) in [4.78, 5) is 11.6. The first kappa shape index (κ1) is 22.5. The van der Waals surface area contributed by atoms with Crippen molar-refractivity contribution in [1.82, 2.24) is 5.32 Å². The fourth-order valence-corrected chi connectivity index (χ4v) is 2.65. The molecule has 0 bridgehead atoms. The van der Waals surface area contributed by atoms with Crippen LogP contribution >= 0.6 is 0 Å². The maximum absolute atomic E-state index is 11.6. The number of aliphatic hydroxyl groups excluding tert-OH is 2. The Hall–Kier alpha value is -1.59. The lowest BCUT2D eigenvalue weighted by Crippen LogP contribution is -2.34. The maximum atomic E-state index is 11.6. The maximum Gasteiger partial charge on any atom is 0.407 e. The molecule has 1 aromatic carbocycles. The summed E-state index contributed by atoms with van der Waals surface area (Å²) in [7, 11) is 0. The number of hydrogen-bond donors (Lipinski definition) is 3. The monoisotopic (exact) mass is 365 g/mol. The van der Waals surface area contributed by atoms with Crippen molar-refractivity contribution in [3.63, 3.8) is 0 Å². The molecule has 3 N–H and O–H groups in total. The lowest BCUT2D eigenvalue weighted by molar-refractivity contribution is 0.0123. The van der Waals surface area contributed by atoms with E-state index in [1.807, 2.05) is 24.3 Å². The first-order valence-corrected chi connectivity index (χ1v) is 9.64. The van der Waals surface area contributed by atoms with Gasteiger partial charge >= 0.3 is 6.09 Å². The number of aryl methyl sites for hydroxylation is 1. The van der Waals surface area contributed by atoms with Crippen molar-refractivity contribution in [2.24, 2.45) is 0 Å². The second kappa shape index (κ2) is 11.2. The first-order chi connectivity index (χ1) is 12.2. The molecule has 0 spiro atoms. The number of unbranched alkanes of at least 4 members (excludes halogenated alkanes) is 3. The van der Waals surface area contributed by atoms with E-state index in [0.29, 0.717) is 5.56 Å². The van der Waals surface area contributed by atoms with Gasteiger partial charge in [-0.3, -0.25) is 0 Å². The summed E-state index contributed by atoms with van der Waals surface area (Å²) in [6, 6.07) is 7.75. The smallest absolute Gasteiger partial charge is 0.407 e. The zero-order valence-corrected chi connectivity index (χ0v) is 16.6. The van der Waals surface area contributed by atoms with Gasteiger partial charge in [-0.1, -0.05) is 50.5 Å². The topological polar surface area (TPSA) is 78.8 Å². The van der Waals surface area contributed by atoms with E-state index < -0.39 is 23.9 Å². The van der Waals surface area contributed by atoms with E-state index in [1.165, 1.54) is 31.2 Å². The van der Waals surface area contributed by atoms with E-state index in [1.54, 1.807) is 20.8 Å². The van der Waals surface area contributed by atoms with E-state index in [9.17, 15) is 15.0 Å². The Morgan fingerprint density at radius 3 is 2.35 bits per heavy atom. The Labute approximate surface area is 157 Å². The summed E-state index contributed by atoms with van der Waals surface area (Å²) < 4.78 is 5.13. The van der Waals surface area contributed by atoms with Crippen LogP contribution in [0.25, 0.3) is 0 Å². The second-order valence-corrected chi connectivity index (χ2v) is 7.78. The fraction of sp³-hybridized carbons (Fsp3) is 0.667. The number of alkyl carbamates (subject to hydrolysis) is 1. The highest BCUT2D eigenvalue weighted by atomic mass is 16.6. The molecule has 1 amide bonds. The molecule has 0 aliphatic rings. The van der Waals surface area contributed by atoms with Crippen LogP contribution in [-0.2, 0) is 11.2 Å². The lowest BCUT2D eigenvalue weighted by Gasteiger charge is -2.21. The molecule has 2 atom stereocenters. The van der Waals surface area contributed by atoms with E-state index in [4.69, 9.17) is 4.74 Å². The van der Waals surface area contributed by atoms with Crippen LogP contribution in [-0.4, -0.2) is 34.6 Å². The third-order valence-corrected chi connectivity index (χ3v) is 4.11. The van der Waals surface area contributed by atoms with Crippen molar-refractivity contribution < 1.29 is 19.7 Å². The Morgan fingerprint density at radius 1 is 1.12 bits per heavy atom. The largest absolute Gasteiger partial charge is 0.444 e. The molecule has 0 radical (unpaired) electrons. The molecule has 0 aliphatic carbocycles.